The molecule has 2 aliphatic rings. The van der Waals surface area contributed by atoms with Crippen LogP contribution in [0.1, 0.15) is 37.1 Å². The van der Waals surface area contributed by atoms with E-state index in [9.17, 15) is 9.59 Å². The molecule has 1 saturated heterocycles. The van der Waals surface area contributed by atoms with E-state index in [1.54, 1.807) is 17.0 Å². The van der Waals surface area contributed by atoms with Gasteiger partial charge in [0.25, 0.3) is 5.91 Å². The highest BCUT2D eigenvalue weighted by Crippen LogP contribution is 2.33. The van der Waals surface area contributed by atoms with E-state index in [0.29, 0.717) is 39.3 Å². The molecule has 3 heterocycles. The first kappa shape index (κ1) is 26.7. The summed E-state index contributed by atoms with van der Waals surface area (Å²) in [5.41, 5.74) is 2.79. The largest absolute Gasteiger partial charge is 0.497 e. The molecular formula is C27H38N6O4. The van der Waals surface area contributed by atoms with Crippen molar-refractivity contribution in [3.63, 3.8) is 0 Å². The highest BCUT2D eigenvalue weighted by molar-refractivity contribution is 6.02. The van der Waals surface area contributed by atoms with Gasteiger partial charge in [0.05, 0.1) is 37.8 Å². The van der Waals surface area contributed by atoms with Gasteiger partial charge in [-0.1, -0.05) is 19.1 Å². The first-order chi connectivity index (χ1) is 18.0. The molecule has 1 unspecified atom stereocenters. The Bertz CT molecular complexity index is 1080. The van der Waals surface area contributed by atoms with Gasteiger partial charge in [0.15, 0.2) is 0 Å². The van der Waals surface area contributed by atoms with Crippen LogP contribution in [0.2, 0.25) is 0 Å². The Kier molecular flexibility index (Phi) is 9.19. The lowest BCUT2D eigenvalue weighted by Crippen LogP contribution is -2.49. The van der Waals surface area contributed by atoms with Crippen molar-refractivity contribution in [2.24, 2.45) is 12.1 Å². The Morgan fingerprint density at radius 1 is 1.19 bits per heavy atom. The van der Waals surface area contributed by atoms with Gasteiger partial charge in [-0.05, 0) is 36.2 Å². The number of nitrogens with zero attached hydrogens (tertiary/aromatic N) is 5. The molecule has 0 aliphatic carbocycles. The molecule has 1 aromatic carbocycles. The van der Waals surface area contributed by atoms with Crippen molar-refractivity contribution < 1.29 is 19.1 Å². The van der Waals surface area contributed by atoms with Crippen molar-refractivity contribution in [3.8, 4) is 5.75 Å². The zero-order valence-corrected chi connectivity index (χ0v) is 22.1. The van der Waals surface area contributed by atoms with E-state index >= 15 is 0 Å². The highest BCUT2D eigenvalue weighted by atomic mass is 16.5. The van der Waals surface area contributed by atoms with Crippen LogP contribution in [0.15, 0.2) is 47.7 Å². The molecule has 0 saturated carbocycles. The molecule has 37 heavy (non-hydrogen) atoms. The minimum atomic E-state index is -0.261. The summed E-state index contributed by atoms with van der Waals surface area (Å²) in [5.74, 6) is 0.545. The second-order valence-corrected chi connectivity index (χ2v) is 9.39. The van der Waals surface area contributed by atoms with Gasteiger partial charge in [-0.25, -0.2) is 9.80 Å². The van der Waals surface area contributed by atoms with E-state index in [1.165, 1.54) is 0 Å². The monoisotopic (exact) mass is 510 g/mol. The highest BCUT2D eigenvalue weighted by Gasteiger charge is 2.35. The average molecular weight is 511 g/mol. The lowest BCUT2D eigenvalue weighted by Gasteiger charge is -2.31. The quantitative estimate of drug-likeness (QED) is 0.530. The van der Waals surface area contributed by atoms with Crippen molar-refractivity contribution in [1.82, 2.24) is 24.7 Å². The van der Waals surface area contributed by atoms with E-state index < -0.39 is 0 Å². The Balaban J connectivity index is 1.54. The standard InChI is InChI=1S/C27H38N6O4/c1-4-11-28-27(35)32(14-13-31-15-17-37-18-16-31)20-26(34)33-25(21-7-9-22(36-3)10-8-21)19-23(29-33)24-6-5-12-30(24)2/h5-10,12,25H,4,11,13-20H2,1-3H3,(H,28,35). The second-order valence-electron chi connectivity index (χ2n) is 9.39. The van der Waals surface area contributed by atoms with E-state index in [2.05, 4.69) is 10.2 Å². The third-order valence-corrected chi connectivity index (χ3v) is 6.84. The molecule has 1 fully saturated rings. The average Bonchev–Trinajstić information content (AvgIpc) is 3.56. The Labute approximate surface area is 218 Å². The number of morpholine rings is 1. The molecule has 3 amide bonds. The van der Waals surface area contributed by atoms with Crippen molar-refractivity contribution >= 4 is 17.6 Å². The van der Waals surface area contributed by atoms with Crippen LogP contribution in [-0.2, 0) is 16.6 Å². The summed E-state index contributed by atoms with van der Waals surface area (Å²) in [7, 11) is 3.60. The normalized spacial score (nSPS) is 18.0. The van der Waals surface area contributed by atoms with Crippen LogP contribution in [0.3, 0.4) is 0 Å². The molecule has 2 aromatic rings. The van der Waals surface area contributed by atoms with E-state index in [-0.39, 0.29) is 24.5 Å². The molecule has 1 aromatic heterocycles. The number of methoxy groups -OCH3 is 1. The fourth-order valence-corrected chi connectivity index (χ4v) is 4.66. The van der Waals surface area contributed by atoms with E-state index in [0.717, 1.165) is 42.2 Å². The van der Waals surface area contributed by atoms with Crippen LogP contribution in [-0.4, -0.2) is 96.6 Å². The molecule has 1 atom stereocenters. The van der Waals surface area contributed by atoms with Crippen LogP contribution < -0.4 is 10.1 Å². The lowest BCUT2D eigenvalue weighted by molar-refractivity contribution is -0.133. The first-order valence-electron chi connectivity index (χ1n) is 13.0. The number of carbonyl (C=O) groups excluding carboxylic acids is 2. The molecule has 1 N–H and O–H groups in total. The summed E-state index contributed by atoms with van der Waals surface area (Å²) in [6.07, 6.45) is 3.38. The summed E-state index contributed by atoms with van der Waals surface area (Å²) in [4.78, 5) is 30.6. The number of urea groups is 1. The number of aromatic nitrogens is 1. The van der Waals surface area contributed by atoms with Crippen LogP contribution in [0.4, 0.5) is 4.79 Å². The summed E-state index contributed by atoms with van der Waals surface area (Å²) in [6, 6.07) is 11.2. The molecule has 0 bridgehead atoms. The number of benzene rings is 1. The topological polar surface area (TPSA) is 91.6 Å². The summed E-state index contributed by atoms with van der Waals surface area (Å²) < 4.78 is 12.8. The number of hydrazone groups is 1. The van der Waals surface area contributed by atoms with Gasteiger partial charge in [0, 0.05) is 52.4 Å². The van der Waals surface area contributed by atoms with Gasteiger partial charge in [-0.3, -0.25) is 9.69 Å². The second kappa shape index (κ2) is 12.7. The van der Waals surface area contributed by atoms with Gasteiger partial charge >= 0.3 is 6.03 Å². The molecular weight excluding hydrogens is 472 g/mol. The Morgan fingerprint density at radius 3 is 2.59 bits per heavy atom. The predicted octanol–water partition coefficient (Wildman–Crippen LogP) is 2.47. The van der Waals surface area contributed by atoms with E-state index in [4.69, 9.17) is 14.6 Å². The Hall–Kier alpha value is -3.37. The van der Waals surface area contributed by atoms with Gasteiger partial charge in [0.2, 0.25) is 0 Å². The predicted molar refractivity (Wildman–Crippen MR) is 142 cm³/mol. The van der Waals surface area contributed by atoms with Crippen LogP contribution in [0.25, 0.3) is 0 Å². The third kappa shape index (κ3) is 6.69. The Morgan fingerprint density at radius 2 is 1.95 bits per heavy atom. The number of hydrogen-bond donors (Lipinski definition) is 1. The smallest absolute Gasteiger partial charge is 0.317 e. The van der Waals surface area contributed by atoms with Gasteiger partial charge < -0.3 is 24.3 Å². The van der Waals surface area contributed by atoms with Gasteiger partial charge in [0.1, 0.15) is 12.3 Å². The number of rotatable bonds is 10. The molecule has 200 valence electrons. The first-order valence-corrected chi connectivity index (χ1v) is 13.0. The molecule has 0 spiro atoms. The van der Waals surface area contributed by atoms with E-state index in [1.807, 2.05) is 61.1 Å². The lowest BCUT2D eigenvalue weighted by atomic mass is 10.0. The third-order valence-electron chi connectivity index (χ3n) is 6.84. The summed E-state index contributed by atoms with van der Waals surface area (Å²) in [5, 5.41) is 9.26. The maximum atomic E-state index is 13.7. The molecule has 2 aliphatic heterocycles. The maximum Gasteiger partial charge on any atom is 0.317 e. The van der Waals surface area contributed by atoms with Crippen molar-refractivity contribution in [3.05, 3.63) is 53.9 Å². The fraction of sp³-hybridized carbons (Fsp3) is 0.519. The van der Waals surface area contributed by atoms with Gasteiger partial charge in [-0.15, -0.1) is 0 Å². The number of aryl methyl sites for hydroxylation is 1. The molecule has 10 nitrogen and oxygen atoms in total. The van der Waals surface area contributed by atoms with Crippen LogP contribution in [0.5, 0.6) is 5.75 Å². The zero-order chi connectivity index (χ0) is 26.2. The number of carbonyl (C=O) groups is 2. The SMILES string of the molecule is CCCNC(=O)N(CCN1CCOCC1)CC(=O)N1N=C(c2cccn2C)CC1c1ccc(OC)cc1. The van der Waals surface area contributed by atoms with Crippen molar-refractivity contribution in [2.75, 3.05) is 59.6 Å². The minimum absolute atomic E-state index is 0.0452. The van der Waals surface area contributed by atoms with Crippen LogP contribution >= 0.6 is 0 Å². The number of ether oxygens (including phenoxy) is 2. The zero-order valence-electron chi connectivity index (χ0n) is 22.1. The molecule has 0 radical (unpaired) electrons. The number of amides is 3. The van der Waals surface area contributed by atoms with Crippen LogP contribution in [0, 0.1) is 0 Å². The van der Waals surface area contributed by atoms with Gasteiger partial charge in [-0.2, -0.15) is 5.10 Å². The summed E-state index contributed by atoms with van der Waals surface area (Å²) >= 11 is 0. The summed E-state index contributed by atoms with van der Waals surface area (Å²) in [6.45, 7) is 6.71. The van der Waals surface area contributed by atoms with Crippen molar-refractivity contribution in [2.45, 2.75) is 25.8 Å². The minimum Gasteiger partial charge on any atom is -0.497 e. The molecule has 4 rings (SSSR count). The van der Waals surface area contributed by atoms with Crippen molar-refractivity contribution in [1.29, 1.82) is 0 Å². The number of nitrogens with one attached hydrogen (secondary N) is 1. The number of hydrogen-bond acceptors (Lipinski definition) is 6. The fourth-order valence-electron chi connectivity index (χ4n) is 4.66. The maximum absolute atomic E-state index is 13.7. The molecule has 10 heteroatoms.